The Hall–Kier alpha value is -1.10. The van der Waals surface area contributed by atoms with Gasteiger partial charge in [0.1, 0.15) is 0 Å². The van der Waals surface area contributed by atoms with Crippen molar-refractivity contribution in [2.24, 2.45) is 5.92 Å². The van der Waals surface area contributed by atoms with Gasteiger partial charge in [-0.25, -0.2) is 0 Å². The Morgan fingerprint density at radius 1 is 1.08 bits per heavy atom. The van der Waals surface area contributed by atoms with E-state index in [9.17, 15) is 4.79 Å². The van der Waals surface area contributed by atoms with Gasteiger partial charge in [-0.3, -0.25) is 9.69 Å². The summed E-state index contributed by atoms with van der Waals surface area (Å²) in [5.74, 6) is 1.12. The van der Waals surface area contributed by atoms with Crippen LogP contribution in [0.15, 0.2) is 30.3 Å². The van der Waals surface area contributed by atoms with Crippen LogP contribution in [0.2, 0.25) is 0 Å². The van der Waals surface area contributed by atoms with Crippen LogP contribution in [0, 0.1) is 5.92 Å². The van der Waals surface area contributed by atoms with Gasteiger partial charge < -0.3 is 10.2 Å². The van der Waals surface area contributed by atoms with E-state index >= 15 is 0 Å². The van der Waals surface area contributed by atoms with Crippen molar-refractivity contribution in [3.8, 4) is 0 Å². The molecule has 3 rings (SSSR count). The van der Waals surface area contributed by atoms with Crippen LogP contribution < -0.4 is 10.2 Å². The number of halogens is 1. The number of carbonyl (C=O) groups excluding carboxylic acids is 1. The van der Waals surface area contributed by atoms with E-state index in [0.29, 0.717) is 5.91 Å². The second kappa shape index (κ2) is 9.40. The average molecular weight is 352 g/mol. The second-order valence-electron chi connectivity index (χ2n) is 6.86. The first-order valence-electron chi connectivity index (χ1n) is 9.04. The van der Waals surface area contributed by atoms with E-state index in [1.807, 2.05) is 42.3 Å². The third kappa shape index (κ3) is 4.50. The van der Waals surface area contributed by atoms with Crippen LogP contribution in [-0.4, -0.2) is 50.1 Å². The first-order chi connectivity index (χ1) is 11.3. The molecule has 1 atom stereocenters. The minimum Gasteiger partial charge on any atom is -0.320 e. The number of hydrogen-bond acceptors (Lipinski definition) is 3. The number of anilines is 1. The van der Waals surface area contributed by atoms with Gasteiger partial charge in [0.05, 0.1) is 6.04 Å². The van der Waals surface area contributed by atoms with Crippen LogP contribution >= 0.6 is 12.4 Å². The summed E-state index contributed by atoms with van der Waals surface area (Å²) in [6.07, 6.45) is 5.85. The summed E-state index contributed by atoms with van der Waals surface area (Å²) in [5, 5.41) is 3.25. The molecule has 0 aromatic heterocycles. The SMILES string of the molecule is CNCCC1CCN(C2CCCN(c3ccccc3)C2=O)CC1.Cl. The van der Waals surface area contributed by atoms with Crippen molar-refractivity contribution >= 4 is 24.0 Å². The predicted molar refractivity (Wildman–Crippen MR) is 102 cm³/mol. The number of piperidine rings is 2. The van der Waals surface area contributed by atoms with Gasteiger partial charge in [-0.05, 0) is 76.8 Å². The van der Waals surface area contributed by atoms with Gasteiger partial charge in [-0.1, -0.05) is 18.2 Å². The number of hydrogen-bond donors (Lipinski definition) is 1. The van der Waals surface area contributed by atoms with Crippen molar-refractivity contribution in [3.63, 3.8) is 0 Å². The van der Waals surface area contributed by atoms with Gasteiger partial charge in [-0.2, -0.15) is 0 Å². The lowest BCUT2D eigenvalue weighted by molar-refractivity contribution is -0.126. The summed E-state index contributed by atoms with van der Waals surface area (Å²) in [6, 6.07) is 10.2. The van der Waals surface area contributed by atoms with Crippen molar-refractivity contribution < 1.29 is 4.79 Å². The molecule has 2 saturated heterocycles. The monoisotopic (exact) mass is 351 g/mol. The fourth-order valence-corrected chi connectivity index (χ4v) is 3.96. The normalized spacial score (nSPS) is 23.1. The Morgan fingerprint density at radius 3 is 2.46 bits per heavy atom. The standard InChI is InChI=1S/C19H29N3O.ClH/c1-20-12-9-16-10-14-21(15-11-16)18-8-5-13-22(19(18)23)17-6-3-2-4-7-17;/h2-4,6-7,16,18,20H,5,8-15H2,1H3;1H. The Balaban J connectivity index is 0.00000208. The van der Waals surface area contributed by atoms with E-state index in [1.165, 1.54) is 19.3 Å². The fourth-order valence-electron chi connectivity index (χ4n) is 3.96. The highest BCUT2D eigenvalue weighted by molar-refractivity contribution is 5.97. The molecule has 5 heteroatoms. The van der Waals surface area contributed by atoms with Crippen LogP contribution in [0.25, 0.3) is 0 Å². The molecule has 134 valence electrons. The Morgan fingerprint density at radius 2 is 1.79 bits per heavy atom. The molecule has 0 spiro atoms. The molecule has 0 bridgehead atoms. The number of nitrogens with zero attached hydrogens (tertiary/aromatic N) is 2. The van der Waals surface area contributed by atoms with Crippen LogP contribution in [0.1, 0.15) is 32.1 Å². The summed E-state index contributed by atoms with van der Waals surface area (Å²) >= 11 is 0. The molecule has 1 amide bonds. The van der Waals surface area contributed by atoms with Gasteiger partial charge in [0.25, 0.3) is 0 Å². The van der Waals surface area contributed by atoms with Crippen molar-refractivity contribution in [1.29, 1.82) is 0 Å². The molecule has 0 saturated carbocycles. The minimum atomic E-state index is 0. The summed E-state index contributed by atoms with van der Waals surface area (Å²) in [7, 11) is 2.02. The molecule has 1 unspecified atom stereocenters. The Bertz CT molecular complexity index is 503. The highest BCUT2D eigenvalue weighted by atomic mass is 35.5. The number of likely N-dealkylation sites (tertiary alicyclic amines) is 1. The van der Waals surface area contributed by atoms with E-state index in [4.69, 9.17) is 0 Å². The van der Waals surface area contributed by atoms with Gasteiger partial charge in [0, 0.05) is 12.2 Å². The molecule has 0 radical (unpaired) electrons. The lowest BCUT2D eigenvalue weighted by atomic mass is 9.91. The first-order valence-corrected chi connectivity index (χ1v) is 9.04. The van der Waals surface area contributed by atoms with Gasteiger partial charge in [0.15, 0.2) is 0 Å². The molecular weight excluding hydrogens is 322 g/mol. The zero-order chi connectivity index (χ0) is 16.1. The number of rotatable bonds is 5. The van der Waals surface area contributed by atoms with Crippen molar-refractivity contribution in [2.45, 2.75) is 38.1 Å². The third-order valence-electron chi connectivity index (χ3n) is 5.37. The molecule has 1 N–H and O–H groups in total. The Kier molecular flexibility index (Phi) is 7.53. The molecule has 4 nitrogen and oxygen atoms in total. The smallest absolute Gasteiger partial charge is 0.244 e. The topological polar surface area (TPSA) is 35.6 Å². The lowest BCUT2D eigenvalue weighted by Gasteiger charge is -2.41. The third-order valence-corrected chi connectivity index (χ3v) is 5.37. The number of carbonyl (C=O) groups is 1. The molecular formula is C19H30ClN3O. The van der Waals surface area contributed by atoms with E-state index < -0.39 is 0 Å². The zero-order valence-electron chi connectivity index (χ0n) is 14.6. The largest absolute Gasteiger partial charge is 0.320 e. The van der Waals surface area contributed by atoms with E-state index in [0.717, 1.165) is 50.6 Å². The van der Waals surface area contributed by atoms with Gasteiger partial charge in [0.2, 0.25) is 5.91 Å². The molecule has 1 aromatic rings. The zero-order valence-corrected chi connectivity index (χ0v) is 15.4. The van der Waals surface area contributed by atoms with Crippen LogP contribution in [0.3, 0.4) is 0 Å². The molecule has 1 aromatic carbocycles. The maximum absolute atomic E-state index is 13.0. The van der Waals surface area contributed by atoms with E-state index in [2.05, 4.69) is 10.2 Å². The van der Waals surface area contributed by atoms with E-state index in [-0.39, 0.29) is 18.4 Å². The first kappa shape index (κ1) is 19.2. The van der Waals surface area contributed by atoms with Gasteiger partial charge >= 0.3 is 0 Å². The quantitative estimate of drug-likeness (QED) is 0.886. The van der Waals surface area contributed by atoms with Gasteiger partial charge in [-0.15, -0.1) is 12.4 Å². The van der Waals surface area contributed by atoms with Crippen LogP contribution in [-0.2, 0) is 4.79 Å². The van der Waals surface area contributed by atoms with Crippen molar-refractivity contribution in [1.82, 2.24) is 10.2 Å². The molecule has 2 aliphatic rings. The summed E-state index contributed by atoms with van der Waals surface area (Å²) in [5.41, 5.74) is 1.05. The molecule has 24 heavy (non-hydrogen) atoms. The number of amides is 1. The van der Waals surface area contributed by atoms with Crippen molar-refractivity contribution in [3.05, 3.63) is 30.3 Å². The summed E-state index contributed by atoms with van der Waals surface area (Å²) in [6.45, 7) is 4.12. The highest BCUT2D eigenvalue weighted by Gasteiger charge is 2.35. The van der Waals surface area contributed by atoms with Crippen LogP contribution in [0.4, 0.5) is 5.69 Å². The fraction of sp³-hybridized carbons (Fsp3) is 0.632. The second-order valence-corrected chi connectivity index (χ2v) is 6.86. The molecule has 2 fully saturated rings. The Labute approximate surface area is 152 Å². The maximum atomic E-state index is 13.0. The predicted octanol–water partition coefficient (Wildman–Crippen LogP) is 2.93. The molecule has 0 aliphatic carbocycles. The lowest BCUT2D eigenvalue weighted by Crippen LogP contribution is -2.54. The highest BCUT2D eigenvalue weighted by Crippen LogP contribution is 2.27. The maximum Gasteiger partial charge on any atom is 0.244 e. The minimum absolute atomic E-state index is 0. The number of nitrogens with one attached hydrogen (secondary N) is 1. The summed E-state index contributed by atoms with van der Waals surface area (Å²) < 4.78 is 0. The summed E-state index contributed by atoms with van der Waals surface area (Å²) in [4.78, 5) is 17.4. The van der Waals surface area contributed by atoms with Crippen molar-refractivity contribution in [2.75, 3.05) is 38.1 Å². The van der Waals surface area contributed by atoms with E-state index in [1.54, 1.807) is 0 Å². The van der Waals surface area contributed by atoms with Crippen LogP contribution in [0.5, 0.6) is 0 Å². The average Bonchev–Trinajstić information content (AvgIpc) is 2.61. The number of benzene rings is 1. The molecule has 2 heterocycles. The molecule has 2 aliphatic heterocycles. The number of para-hydroxylation sites is 1.